The van der Waals surface area contributed by atoms with Crippen molar-refractivity contribution in [1.29, 1.82) is 0 Å². The van der Waals surface area contributed by atoms with Crippen LogP contribution in [0, 0.1) is 0 Å². The molecule has 1 N–H and O–H groups in total. The van der Waals surface area contributed by atoms with E-state index in [1.165, 1.54) is 4.90 Å². The summed E-state index contributed by atoms with van der Waals surface area (Å²) in [5.74, 6) is -0.0793. The zero-order chi connectivity index (χ0) is 9.14. The van der Waals surface area contributed by atoms with E-state index in [0.29, 0.717) is 6.54 Å². The first-order chi connectivity index (χ1) is 5.70. The number of carbonyl (C=O) groups is 2. The molecule has 68 valence electrons. The molecular formula is C8H14N2O2. The molecule has 0 aromatic carbocycles. The summed E-state index contributed by atoms with van der Waals surface area (Å²) in [6.07, 6.45) is 1.65. The van der Waals surface area contributed by atoms with Gasteiger partial charge in [0.1, 0.15) is 6.04 Å². The van der Waals surface area contributed by atoms with Crippen LogP contribution in [0.4, 0.5) is 4.79 Å². The third-order valence-corrected chi connectivity index (χ3v) is 2.00. The maximum absolute atomic E-state index is 11.4. The van der Waals surface area contributed by atoms with Crippen molar-refractivity contribution >= 4 is 11.9 Å². The Bertz CT molecular complexity index is 203. The van der Waals surface area contributed by atoms with Crippen molar-refractivity contribution in [3.05, 3.63) is 0 Å². The van der Waals surface area contributed by atoms with Crippen LogP contribution in [0.3, 0.4) is 0 Å². The number of nitrogens with one attached hydrogen (secondary N) is 1. The van der Waals surface area contributed by atoms with Crippen LogP contribution in [0.25, 0.3) is 0 Å². The lowest BCUT2D eigenvalue weighted by atomic mass is 10.2. The van der Waals surface area contributed by atoms with Crippen molar-refractivity contribution in [2.24, 2.45) is 0 Å². The molecule has 1 atom stereocenters. The molecule has 1 unspecified atom stereocenters. The van der Waals surface area contributed by atoms with Gasteiger partial charge in [-0.1, -0.05) is 13.3 Å². The molecule has 0 aromatic heterocycles. The van der Waals surface area contributed by atoms with Gasteiger partial charge >= 0.3 is 6.03 Å². The molecule has 0 bridgehead atoms. The molecule has 1 saturated heterocycles. The molecule has 0 saturated carbocycles. The molecule has 1 rings (SSSR count). The van der Waals surface area contributed by atoms with E-state index in [2.05, 4.69) is 5.32 Å². The second kappa shape index (κ2) is 3.56. The maximum atomic E-state index is 11.4. The fraction of sp³-hybridized carbons (Fsp3) is 0.750. The van der Waals surface area contributed by atoms with E-state index in [1.54, 1.807) is 6.92 Å². The largest absolute Gasteiger partial charge is 0.326 e. The standard InChI is InChI=1S/C8H14N2O2/c1-3-5-6-7(11)10(4-2)8(12)9-6/h6H,3-5H2,1-2H3,(H,9,12). The Morgan fingerprint density at radius 3 is 2.50 bits per heavy atom. The third kappa shape index (κ3) is 1.42. The maximum Gasteiger partial charge on any atom is 0.324 e. The van der Waals surface area contributed by atoms with Crippen molar-refractivity contribution < 1.29 is 9.59 Å². The highest BCUT2D eigenvalue weighted by Crippen LogP contribution is 2.09. The molecule has 4 nitrogen and oxygen atoms in total. The van der Waals surface area contributed by atoms with E-state index in [-0.39, 0.29) is 18.0 Å². The first kappa shape index (κ1) is 9.03. The quantitative estimate of drug-likeness (QED) is 0.635. The number of urea groups is 1. The van der Waals surface area contributed by atoms with Crippen LogP contribution < -0.4 is 5.32 Å². The number of hydrogen-bond donors (Lipinski definition) is 1. The van der Waals surface area contributed by atoms with Gasteiger partial charge in [-0.3, -0.25) is 9.69 Å². The molecule has 0 aromatic rings. The van der Waals surface area contributed by atoms with E-state index in [9.17, 15) is 9.59 Å². The first-order valence-corrected chi connectivity index (χ1v) is 4.32. The minimum Gasteiger partial charge on any atom is -0.326 e. The van der Waals surface area contributed by atoms with E-state index in [0.717, 1.165) is 12.8 Å². The lowest BCUT2D eigenvalue weighted by Crippen LogP contribution is -2.31. The second-order valence-electron chi connectivity index (χ2n) is 2.87. The minimum absolute atomic E-state index is 0.0793. The van der Waals surface area contributed by atoms with Crippen molar-refractivity contribution in [1.82, 2.24) is 10.2 Å². The second-order valence-corrected chi connectivity index (χ2v) is 2.87. The fourth-order valence-corrected chi connectivity index (χ4v) is 1.36. The van der Waals surface area contributed by atoms with Gasteiger partial charge in [0, 0.05) is 6.54 Å². The number of rotatable bonds is 3. The summed E-state index contributed by atoms with van der Waals surface area (Å²) >= 11 is 0. The predicted molar refractivity (Wildman–Crippen MR) is 44.6 cm³/mol. The van der Waals surface area contributed by atoms with E-state index >= 15 is 0 Å². The molecule has 4 heteroatoms. The van der Waals surface area contributed by atoms with Crippen LogP contribution in [-0.2, 0) is 4.79 Å². The summed E-state index contributed by atoms with van der Waals surface area (Å²) in [6, 6.07) is -0.525. The Kier molecular flexibility index (Phi) is 2.68. The average Bonchev–Trinajstić information content (AvgIpc) is 2.29. The number of likely N-dealkylation sites (N-methyl/N-ethyl adjacent to an activating group) is 1. The van der Waals surface area contributed by atoms with E-state index < -0.39 is 0 Å². The molecule has 1 aliphatic heterocycles. The van der Waals surface area contributed by atoms with Crippen LogP contribution in [0.15, 0.2) is 0 Å². The van der Waals surface area contributed by atoms with Gasteiger partial charge in [0.15, 0.2) is 0 Å². The number of amides is 3. The molecule has 0 radical (unpaired) electrons. The van der Waals surface area contributed by atoms with Crippen LogP contribution >= 0.6 is 0 Å². The van der Waals surface area contributed by atoms with Gasteiger partial charge in [-0.05, 0) is 13.3 Å². The molecule has 0 spiro atoms. The molecule has 3 amide bonds. The minimum atomic E-state index is -0.276. The molecule has 1 heterocycles. The monoisotopic (exact) mass is 170 g/mol. The molecular weight excluding hydrogens is 156 g/mol. The topological polar surface area (TPSA) is 49.4 Å². The van der Waals surface area contributed by atoms with Gasteiger partial charge in [-0.2, -0.15) is 0 Å². The van der Waals surface area contributed by atoms with Gasteiger partial charge < -0.3 is 5.32 Å². The first-order valence-electron chi connectivity index (χ1n) is 4.32. The molecule has 1 aliphatic rings. The Balaban J connectivity index is 2.62. The molecule has 12 heavy (non-hydrogen) atoms. The van der Waals surface area contributed by atoms with Crippen molar-refractivity contribution in [2.45, 2.75) is 32.7 Å². The van der Waals surface area contributed by atoms with E-state index in [4.69, 9.17) is 0 Å². The van der Waals surface area contributed by atoms with Gasteiger partial charge in [-0.25, -0.2) is 4.79 Å². The highest BCUT2D eigenvalue weighted by Gasteiger charge is 2.35. The zero-order valence-corrected chi connectivity index (χ0v) is 7.46. The summed E-state index contributed by atoms with van der Waals surface area (Å²) in [5, 5.41) is 2.64. The summed E-state index contributed by atoms with van der Waals surface area (Å²) in [5.41, 5.74) is 0. The lowest BCUT2D eigenvalue weighted by molar-refractivity contribution is -0.127. The lowest BCUT2D eigenvalue weighted by Gasteiger charge is -2.08. The Hall–Kier alpha value is -1.06. The highest BCUT2D eigenvalue weighted by atomic mass is 16.2. The summed E-state index contributed by atoms with van der Waals surface area (Å²) in [4.78, 5) is 23.7. The van der Waals surface area contributed by atoms with Gasteiger partial charge in [-0.15, -0.1) is 0 Å². The van der Waals surface area contributed by atoms with Gasteiger partial charge in [0.05, 0.1) is 0 Å². The Morgan fingerprint density at radius 1 is 1.42 bits per heavy atom. The van der Waals surface area contributed by atoms with Gasteiger partial charge in [0.2, 0.25) is 0 Å². The van der Waals surface area contributed by atoms with E-state index in [1.807, 2.05) is 6.92 Å². The Morgan fingerprint density at radius 2 is 2.08 bits per heavy atom. The molecule has 1 fully saturated rings. The van der Waals surface area contributed by atoms with Crippen LogP contribution in [0.1, 0.15) is 26.7 Å². The summed E-state index contributed by atoms with van der Waals surface area (Å²) in [7, 11) is 0. The van der Waals surface area contributed by atoms with Crippen LogP contribution in [0.2, 0.25) is 0 Å². The van der Waals surface area contributed by atoms with Crippen molar-refractivity contribution in [3.63, 3.8) is 0 Å². The smallest absolute Gasteiger partial charge is 0.324 e. The average molecular weight is 170 g/mol. The fourth-order valence-electron chi connectivity index (χ4n) is 1.36. The number of nitrogens with zero attached hydrogens (tertiary/aromatic N) is 1. The summed E-state index contributed by atoms with van der Waals surface area (Å²) < 4.78 is 0. The van der Waals surface area contributed by atoms with Crippen LogP contribution in [-0.4, -0.2) is 29.4 Å². The highest BCUT2D eigenvalue weighted by molar-refractivity contribution is 6.04. The van der Waals surface area contributed by atoms with Crippen LogP contribution in [0.5, 0.6) is 0 Å². The van der Waals surface area contributed by atoms with Crippen molar-refractivity contribution in [3.8, 4) is 0 Å². The Labute approximate surface area is 71.9 Å². The van der Waals surface area contributed by atoms with Gasteiger partial charge in [0.25, 0.3) is 5.91 Å². The van der Waals surface area contributed by atoms with Crippen molar-refractivity contribution in [2.75, 3.05) is 6.54 Å². The number of imide groups is 1. The summed E-state index contributed by atoms with van der Waals surface area (Å²) in [6.45, 7) is 4.25. The number of hydrogen-bond acceptors (Lipinski definition) is 2. The normalized spacial score (nSPS) is 23.2. The third-order valence-electron chi connectivity index (χ3n) is 2.00. The number of carbonyl (C=O) groups excluding carboxylic acids is 2. The zero-order valence-electron chi connectivity index (χ0n) is 7.46. The predicted octanol–water partition coefficient (Wildman–Crippen LogP) is 0.727. The SMILES string of the molecule is CCCC1NC(=O)N(CC)C1=O. The molecule has 0 aliphatic carbocycles.